The van der Waals surface area contributed by atoms with E-state index in [4.69, 9.17) is 0 Å². The van der Waals surface area contributed by atoms with E-state index in [0.717, 1.165) is 12.8 Å². The Morgan fingerprint density at radius 1 is 0.548 bits per heavy atom. The zero-order valence-electron chi connectivity index (χ0n) is 25.6. The minimum Gasteiger partial charge on any atom is -1.00 e. The van der Waals surface area contributed by atoms with Crippen LogP contribution < -0.4 is 24.8 Å². The summed E-state index contributed by atoms with van der Waals surface area (Å²) in [5.41, 5.74) is 17.6. The largest absolute Gasteiger partial charge is 1.00 e. The molecular weight excluding hydrogens is 647 g/mol. The Kier molecular flexibility index (Phi) is 10.8. The smallest absolute Gasteiger partial charge is 1.00 e. The third kappa shape index (κ3) is 5.66. The molecule has 0 nitrogen and oxygen atoms in total. The molecule has 4 heteroatoms. The maximum Gasteiger partial charge on any atom is -1.00 e. The van der Waals surface area contributed by atoms with Crippen LogP contribution in [0.2, 0.25) is 13.1 Å². The van der Waals surface area contributed by atoms with Gasteiger partial charge in [0.2, 0.25) is 0 Å². The molecule has 4 aromatic rings. The van der Waals surface area contributed by atoms with Crippen molar-refractivity contribution >= 4 is 17.6 Å². The fraction of sp³-hybridized carbons (Fsp3) is 0.263. The van der Waals surface area contributed by atoms with Gasteiger partial charge in [0.1, 0.15) is 0 Å². The van der Waals surface area contributed by atoms with Crippen molar-refractivity contribution in [1.82, 2.24) is 0 Å². The summed E-state index contributed by atoms with van der Waals surface area (Å²) in [6.07, 6.45) is 7.26. The van der Waals surface area contributed by atoms with Gasteiger partial charge in [-0.3, -0.25) is 0 Å². The first-order chi connectivity index (χ1) is 19.4. The second-order valence-electron chi connectivity index (χ2n) is 11.7. The van der Waals surface area contributed by atoms with Gasteiger partial charge in [-0.1, -0.05) is 0 Å². The minimum absolute atomic E-state index is 0. The van der Waals surface area contributed by atoms with E-state index in [9.17, 15) is 0 Å². The van der Waals surface area contributed by atoms with E-state index in [1.165, 1.54) is 44.5 Å². The molecule has 42 heavy (non-hydrogen) atoms. The van der Waals surface area contributed by atoms with Crippen molar-refractivity contribution in [3.63, 3.8) is 0 Å². The number of hydrogen-bond donors (Lipinski definition) is 0. The van der Waals surface area contributed by atoms with Crippen molar-refractivity contribution in [2.75, 3.05) is 0 Å². The Hall–Kier alpha value is -1.96. The second kappa shape index (κ2) is 13.8. The molecule has 0 N–H and O–H groups in total. The number of halogens is 2. The maximum atomic E-state index is 2.63. The molecule has 4 aromatic carbocycles. The van der Waals surface area contributed by atoms with E-state index in [2.05, 4.69) is 138 Å². The normalized spacial score (nSPS) is 16.2. The second-order valence-corrected chi connectivity index (χ2v) is 29.6. The van der Waals surface area contributed by atoms with Gasteiger partial charge in [-0.15, -0.1) is 0 Å². The van der Waals surface area contributed by atoms with E-state index in [1.807, 2.05) is 0 Å². The van der Waals surface area contributed by atoms with Gasteiger partial charge in [0.25, 0.3) is 0 Å². The molecule has 0 amide bonds. The van der Waals surface area contributed by atoms with E-state index in [-0.39, 0.29) is 24.8 Å². The summed E-state index contributed by atoms with van der Waals surface area (Å²) in [6, 6.07) is 32.4. The third-order valence-corrected chi connectivity index (χ3v) is 29.0. The van der Waals surface area contributed by atoms with E-state index < -0.39 is 25.8 Å². The average molecular weight is 687 g/mol. The van der Waals surface area contributed by atoms with Crippen LogP contribution >= 0.6 is 0 Å². The van der Waals surface area contributed by atoms with Crippen LogP contribution in [0.25, 0.3) is 34.4 Å². The van der Waals surface area contributed by atoms with Crippen molar-refractivity contribution in [2.45, 2.75) is 60.9 Å². The molecule has 0 saturated carbocycles. The molecular formula is C38H40Cl2SiZr. The van der Waals surface area contributed by atoms with Crippen LogP contribution in [-0.4, -0.2) is 5.43 Å². The molecule has 0 saturated heterocycles. The first kappa shape index (κ1) is 32.9. The SMILES string of the molecule is CCc1ccccc1-c1cccc2c1C=C(C)[CH]2[Zr+2]([CH]1C(C)=Cc2c(-c3ccccc3CC)cccc21)=[Si](C)C.[Cl-].[Cl-]. The van der Waals surface area contributed by atoms with Crippen LogP contribution in [0.3, 0.4) is 0 Å². The van der Waals surface area contributed by atoms with Crippen molar-refractivity contribution in [3.05, 3.63) is 129 Å². The average Bonchev–Trinajstić information content (AvgIpc) is 3.48. The molecule has 2 aliphatic rings. The van der Waals surface area contributed by atoms with Gasteiger partial charge < -0.3 is 24.8 Å². The Bertz CT molecular complexity index is 1600. The van der Waals surface area contributed by atoms with Gasteiger partial charge in [0.15, 0.2) is 0 Å². The van der Waals surface area contributed by atoms with Crippen LogP contribution in [-0.2, 0) is 33.2 Å². The number of benzene rings is 4. The predicted molar refractivity (Wildman–Crippen MR) is 173 cm³/mol. The fourth-order valence-electron chi connectivity index (χ4n) is 7.33. The summed E-state index contributed by atoms with van der Waals surface area (Å²) in [5, 5.41) is 0. The number of rotatable bonds is 6. The Morgan fingerprint density at radius 3 is 1.31 bits per heavy atom. The fourth-order valence-corrected chi connectivity index (χ4v) is 28.1. The monoisotopic (exact) mass is 684 g/mol. The molecule has 0 aliphatic heterocycles. The first-order valence-corrected chi connectivity index (χ1v) is 23.9. The number of hydrogen-bond acceptors (Lipinski definition) is 0. The summed E-state index contributed by atoms with van der Waals surface area (Å²) >= 11 is -2.09. The summed E-state index contributed by atoms with van der Waals surface area (Å²) < 4.78 is 1.31. The van der Waals surface area contributed by atoms with Crippen molar-refractivity contribution in [3.8, 4) is 22.3 Å². The molecule has 0 heterocycles. The first-order valence-electron chi connectivity index (χ1n) is 14.9. The van der Waals surface area contributed by atoms with Crippen LogP contribution in [0, 0.1) is 0 Å². The Labute approximate surface area is 273 Å². The zero-order valence-corrected chi connectivity index (χ0v) is 30.5. The molecule has 0 aromatic heterocycles. The number of allylic oxidation sites excluding steroid dienone is 2. The van der Waals surface area contributed by atoms with Gasteiger partial charge in [-0.25, -0.2) is 0 Å². The van der Waals surface area contributed by atoms with Crippen LogP contribution in [0.4, 0.5) is 0 Å². The molecule has 0 radical (unpaired) electrons. The van der Waals surface area contributed by atoms with Crippen LogP contribution in [0.15, 0.2) is 96.1 Å². The van der Waals surface area contributed by atoms with Gasteiger partial charge >= 0.3 is 251 Å². The van der Waals surface area contributed by atoms with Crippen LogP contribution in [0.5, 0.6) is 0 Å². The van der Waals surface area contributed by atoms with E-state index in [0.29, 0.717) is 7.25 Å². The summed E-state index contributed by atoms with van der Waals surface area (Å²) in [6.45, 7) is 14.7. The molecule has 2 atom stereocenters. The van der Waals surface area contributed by atoms with E-state index in [1.54, 1.807) is 22.3 Å². The molecule has 2 unspecified atom stereocenters. The standard InChI is InChI=1S/2C18H17.C2H6Si.2ClH.Zr/c2*1-3-14-7-4-5-9-16(14)17-10-6-8-15-11-13(2)12-18(15)17;1-3-2;;;/h2*4-12H,3H2,1-2H3;1-2H3;2*1H;/q;;;;;+2/p-2. The van der Waals surface area contributed by atoms with Crippen molar-refractivity contribution < 1.29 is 45.2 Å². The minimum atomic E-state index is -2.09. The number of aryl methyl sites for hydroxylation is 2. The molecule has 0 bridgehead atoms. The predicted octanol–water partition coefficient (Wildman–Crippen LogP) is 4.64. The molecule has 0 spiro atoms. The Balaban J connectivity index is 0.00000202. The number of fused-ring (bicyclic) bond motifs is 2. The van der Waals surface area contributed by atoms with Gasteiger partial charge in [0, 0.05) is 0 Å². The molecule has 0 fully saturated rings. The Morgan fingerprint density at radius 2 is 0.929 bits per heavy atom. The van der Waals surface area contributed by atoms with Crippen LogP contribution in [0.1, 0.15) is 68.3 Å². The summed E-state index contributed by atoms with van der Waals surface area (Å²) in [7, 11) is 0. The summed E-state index contributed by atoms with van der Waals surface area (Å²) in [5.74, 6) is 0. The van der Waals surface area contributed by atoms with E-state index >= 15 is 0 Å². The van der Waals surface area contributed by atoms with Gasteiger partial charge in [0.05, 0.1) is 0 Å². The van der Waals surface area contributed by atoms with Crippen molar-refractivity contribution in [1.29, 1.82) is 0 Å². The van der Waals surface area contributed by atoms with Gasteiger partial charge in [-0.05, 0) is 0 Å². The topological polar surface area (TPSA) is 0 Å². The van der Waals surface area contributed by atoms with Crippen molar-refractivity contribution in [2.24, 2.45) is 0 Å². The maximum absolute atomic E-state index is 2.63. The summed E-state index contributed by atoms with van der Waals surface area (Å²) in [4.78, 5) is 0. The quantitative estimate of drug-likeness (QED) is 0.260. The third-order valence-electron chi connectivity index (χ3n) is 9.13. The molecule has 6 rings (SSSR count). The molecule has 2 aliphatic carbocycles. The van der Waals surface area contributed by atoms with Gasteiger partial charge in [-0.2, -0.15) is 0 Å². The molecule has 214 valence electrons. The zero-order chi connectivity index (χ0) is 28.0.